The zero-order chi connectivity index (χ0) is 21.8. The van der Waals surface area contributed by atoms with Gasteiger partial charge in [-0.1, -0.05) is 48.5 Å². The van der Waals surface area contributed by atoms with Crippen LogP contribution in [-0.4, -0.2) is 65.2 Å². The van der Waals surface area contributed by atoms with Crippen molar-refractivity contribution in [1.82, 2.24) is 20.1 Å². The minimum Gasteiger partial charge on any atom is -0.339 e. The fraction of sp³-hybridized carbons (Fsp3) is 0.385. The van der Waals surface area contributed by atoms with Crippen LogP contribution >= 0.6 is 11.8 Å². The van der Waals surface area contributed by atoms with Crippen molar-refractivity contribution in [3.63, 3.8) is 0 Å². The number of nitrogens with one attached hydrogen (secondary N) is 1. The summed E-state index contributed by atoms with van der Waals surface area (Å²) in [6, 6.07) is 20.9. The molecule has 2 aliphatic heterocycles. The Kier molecular flexibility index (Phi) is 6.72. The van der Waals surface area contributed by atoms with E-state index in [2.05, 4.69) is 57.7 Å². The third-order valence-corrected chi connectivity index (χ3v) is 7.73. The lowest BCUT2D eigenvalue weighted by molar-refractivity contribution is -0.134. The number of pyridine rings is 1. The maximum Gasteiger partial charge on any atom is 0.240 e. The lowest BCUT2D eigenvalue weighted by atomic mass is 10.1. The Bertz CT molecular complexity index is 1050. The molecule has 5 nitrogen and oxygen atoms in total. The van der Waals surface area contributed by atoms with Crippen molar-refractivity contribution < 1.29 is 4.79 Å². The van der Waals surface area contributed by atoms with Gasteiger partial charge < -0.3 is 4.90 Å². The monoisotopic (exact) mass is 446 g/mol. The normalized spacial score (nSPS) is 21.8. The van der Waals surface area contributed by atoms with E-state index in [1.54, 1.807) is 11.8 Å². The average molecular weight is 447 g/mol. The summed E-state index contributed by atoms with van der Waals surface area (Å²) in [4.78, 5) is 22.2. The molecule has 0 spiro atoms. The molecule has 3 aromatic rings. The highest BCUT2D eigenvalue weighted by Gasteiger charge is 2.34. The van der Waals surface area contributed by atoms with Gasteiger partial charge in [0, 0.05) is 43.5 Å². The molecule has 0 aliphatic carbocycles. The van der Waals surface area contributed by atoms with Crippen molar-refractivity contribution in [3.05, 3.63) is 78.0 Å². The van der Waals surface area contributed by atoms with Crippen molar-refractivity contribution in [2.24, 2.45) is 0 Å². The van der Waals surface area contributed by atoms with Gasteiger partial charge in [0.1, 0.15) is 0 Å². The molecule has 1 N–H and O–H groups in total. The highest BCUT2D eigenvalue weighted by molar-refractivity contribution is 7.99. The first-order valence-electron chi connectivity index (χ1n) is 11.5. The molecular weight excluding hydrogens is 416 g/mol. The van der Waals surface area contributed by atoms with Gasteiger partial charge in [0.05, 0.1) is 16.9 Å². The lowest BCUT2D eigenvalue weighted by Crippen LogP contribution is -2.53. The number of nitrogens with zero attached hydrogens (tertiary/aromatic N) is 3. The van der Waals surface area contributed by atoms with Crippen LogP contribution < -0.4 is 5.32 Å². The molecule has 0 bridgehead atoms. The van der Waals surface area contributed by atoms with Crippen molar-refractivity contribution in [3.8, 4) is 0 Å². The minimum atomic E-state index is -0.110. The van der Waals surface area contributed by atoms with Crippen LogP contribution in [0.5, 0.6) is 0 Å². The van der Waals surface area contributed by atoms with Crippen LogP contribution in [0.15, 0.2) is 66.9 Å². The number of carbonyl (C=O) groups is 1. The maximum atomic E-state index is 13.1. The van der Waals surface area contributed by atoms with E-state index in [0.29, 0.717) is 0 Å². The van der Waals surface area contributed by atoms with E-state index >= 15 is 0 Å². The summed E-state index contributed by atoms with van der Waals surface area (Å²) in [5.74, 6) is 1.06. The second-order valence-corrected chi connectivity index (χ2v) is 9.79. The van der Waals surface area contributed by atoms with Gasteiger partial charge in [-0.15, -0.1) is 11.8 Å². The van der Waals surface area contributed by atoms with Crippen molar-refractivity contribution in [1.29, 1.82) is 0 Å². The van der Waals surface area contributed by atoms with Gasteiger partial charge in [0.15, 0.2) is 0 Å². The minimum absolute atomic E-state index is 0.110. The Hall–Kier alpha value is -2.41. The summed E-state index contributed by atoms with van der Waals surface area (Å²) >= 11 is 1.80. The van der Waals surface area contributed by atoms with E-state index in [1.165, 1.54) is 12.0 Å². The van der Waals surface area contributed by atoms with Crippen LogP contribution in [-0.2, 0) is 11.2 Å². The number of hydrogen-bond donors (Lipinski definition) is 1. The number of fused-ring (bicyclic) bond motifs is 1. The van der Waals surface area contributed by atoms with E-state index in [1.807, 2.05) is 29.3 Å². The van der Waals surface area contributed by atoms with Crippen molar-refractivity contribution >= 4 is 28.6 Å². The molecule has 166 valence electrons. The Morgan fingerprint density at radius 2 is 1.81 bits per heavy atom. The van der Waals surface area contributed by atoms with Crippen molar-refractivity contribution in [2.45, 2.75) is 24.3 Å². The molecule has 5 rings (SSSR count). The van der Waals surface area contributed by atoms with Crippen LogP contribution in [0.4, 0.5) is 0 Å². The summed E-state index contributed by atoms with van der Waals surface area (Å²) < 4.78 is 0. The molecule has 0 radical (unpaired) electrons. The van der Waals surface area contributed by atoms with Gasteiger partial charge in [-0.2, -0.15) is 0 Å². The third kappa shape index (κ3) is 4.98. The van der Waals surface area contributed by atoms with Crippen LogP contribution in [0.25, 0.3) is 10.9 Å². The number of piperazine rings is 1. The Balaban J connectivity index is 1.09. The number of amides is 1. The first-order chi connectivity index (χ1) is 15.8. The number of rotatable bonds is 6. The summed E-state index contributed by atoms with van der Waals surface area (Å²) in [5, 5.41) is 4.82. The van der Waals surface area contributed by atoms with Crippen LogP contribution in [0.1, 0.15) is 22.9 Å². The Morgan fingerprint density at radius 1 is 1.03 bits per heavy atom. The standard InChI is InChI=1S/C26H30N4OS/c31-26(30-15-13-29(14-16-30)12-6-9-20-7-2-1-3-8-20)24-19-32-25(28-24)22-17-21-10-4-5-11-23(21)27-18-22/h1-5,7-8,10-11,17-18,24-25,28H,6,9,12-16,19H2/t24-,25?/m0/s1. The number of benzene rings is 2. The highest BCUT2D eigenvalue weighted by Crippen LogP contribution is 2.34. The molecule has 2 fully saturated rings. The third-order valence-electron chi connectivity index (χ3n) is 6.46. The lowest BCUT2D eigenvalue weighted by Gasteiger charge is -2.36. The zero-order valence-electron chi connectivity index (χ0n) is 18.3. The second kappa shape index (κ2) is 10.0. The van der Waals surface area contributed by atoms with E-state index < -0.39 is 0 Å². The predicted octanol–water partition coefficient (Wildman–Crippen LogP) is 3.72. The predicted molar refractivity (Wildman–Crippen MR) is 132 cm³/mol. The number of aryl methyl sites for hydroxylation is 1. The van der Waals surface area contributed by atoms with Crippen LogP contribution in [0.3, 0.4) is 0 Å². The van der Waals surface area contributed by atoms with Gasteiger partial charge >= 0.3 is 0 Å². The first-order valence-corrected chi connectivity index (χ1v) is 12.6. The molecule has 2 aliphatic rings. The van der Waals surface area contributed by atoms with Crippen molar-refractivity contribution in [2.75, 3.05) is 38.5 Å². The van der Waals surface area contributed by atoms with Crippen LogP contribution in [0.2, 0.25) is 0 Å². The molecule has 2 atom stereocenters. The summed E-state index contributed by atoms with van der Waals surface area (Å²) in [6.45, 7) is 4.70. The van der Waals surface area contributed by atoms with E-state index in [0.717, 1.165) is 61.4 Å². The molecule has 2 aromatic carbocycles. The van der Waals surface area contributed by atoms with Gasteiger partial charge in [-0.25, -0.2) is 0 Å². The summed E-state index contributed by atoms with van der Waals surface area (Å²) in [6.07, 6.45) is 4.22. The molecule has 1 unspecified atom stereocenters. The molecule has 0 saturated carbocycles. The van der Waals surface area contributed by atoms with E-state index in [9.17, 15) is 4.79 Å². The maximum absolute atomic E-state index is 13.1. The largest absolute Gasteiger partial charge is 0.339 e. The molecule has 1 aromatic heterocycles. The number of aromatic nitrogens is 1. The van der Waals surface area contributed by atoms with Gasteiger partial charge in [0.25, 0.3) is 0 Å². The fourth-order valence-corrected chi connectivity index (χ4v) is 5.81. The number of carbonyl (C=O) groups excluding carboxylic acids is 1. The van der Waals surface area contributed by atoms with E-state index in [-0.39, 0.29) is 17.3 Å². The molecule has 32 heavy (non-hydrogen) atoms. The van der Waals surface area contributed by atoms with Crippen LogP contribution in [0, 0.1) is 0 Å². The second-order valence-electron chi connectivity index (χ2n) is 8.65. The summed E-state index contributed by atoms with van der Waals surface area (Å²) in [7, 11) is 0. The van der Waals surface area contributed by atoms with E-state index in [4.69, 9.17) is 0 Å². The summed E-state index contributed by atoms with van der Waals surface area (Å²) in [5.41, 5.74) is 3.56. The Morgan fingerprint density at radius 3 is 2.66 bits per heavy atom. The first kappa shape index (κ1) is 21.4. The number of thioether (sulfide) groups is 1. The Labute approximate surface area is 194 Å². The quantitative estimate of drug-likeness (QED) is 0.626. The van der Waals surface area contributed by atoms with Gasteiger partial charge in [-0.3, -0.25) is 20.0 Å². The number of para-hydroxylation sites is 1. The fourth-order valence-electron chi connectivity index (χ4n) is 4.60. The molecule has 3 heterocycles. The topological polar surface area (TPSA) is 48.5 Å². The van der Waals surface area contributed by atoms with Gasteiger partial charge in [-0.05, 0) is 42.6 Å². The smallest absolute Gasteiger partial charge is 0.240 e. The highest BCUT2D eigenvalue weighted by atomic mass is 32.2. The molecule has 2 saturated heterocycles. The zero-order valence-corrected chi connectivity index (χ0v) is 19.1. The average Bonchev–Trinajstić information content (AvgIpc) is 3.35. The van der Waals surface area contributed by atoms with Gasteiger partial charge in [0.2, 0.25) is 5.91 Å². The SMILES string of the molecule is O=C([C@@H]1CSC(c2cnc3ccccc3c2)N1)N1CCN(CCCc2ccccc2)CC1. The molecular formula is C26H30N4OS. The molecule has 6 heteroatoms. The number of hydrogen-bond acceptors (Lipinski definition) is 5. The molecule has 1 amide bonds.